The molecule has 1 heterocycles. The van der Waals surface area contributed by atoms with E-state index in [2.05, 4.69) is 12.0 Å². The molecule has 0 atom stereocenters. The summed E-state index contributed by atoms with van der Waals surface area (Å²) < 4.78 is 1.85. The van der Waals surface area contributed by atoms with Crippen LogP contribution in [-0.2, 0) is 6.42 Å². The van der Waals surface area contributed by atoms with Crippen molar-refractivity contribution in [1.29, 1.82) is 0 Å². The number of aryl methyl sites for hydroxylation is 1. The van der Waals surface area contributed by atoms with Gasteiger partial charge in [-0.25, -0.2) is 4.68 Å². The smallest absolute Gasteiger partial charge is 0.253 e. The number of carbonyl (C=O) groups is 1. The van der Waals surface area contributed by atoms with E-state index < -0.39 is 0 Å². The van der Waals surface area contributed by atoms with Crippen molar-refractivity contribution in [3.63, 3.8) is 0 Å². The Kier molecular flexibility index (Phi) is 4.02. The van der Waals surface area contributed by atoms with E-state index in [4.69, 9.17) is 5.73 Å². The fourth-order valence-electron chi connectivity index (χ4n) is 2.56. The highest BCUT2D eigenvalue weighted by Crippen LogP contribution is 2.24. The van der Waals surface area contributed by atoms with Crippen molar-refractivity contribution in [2.75, 3.05) is 19.8 Å². The van der Waals surface area contributed by atoms with Gasteiger partial charge in [0.15, 0.2) is 0 Å². The molecule has 2 N–H and O–H groups in total. The molecule has 0 aliphatic heterocycles. The number of rotatable bonds is 3. The van der Waals surface area contributed by atoms with Gasteiger partial charge in [0, 0.05) is 25.4 Å². The van der Waals surface area contributed by atoms with Gasteiger partial charge in [-0.2, -0.15) is 5.10 Å². The summed E-state index contributed by atoms with van der Waals surface area (Å²) in [5, 5.41) is 4.56. The van der Waals surface area contributed by atoms with Crippen LogP contribution in [0.15, 0.2) is 18.2 Å². The van der Waals surface area contributed by atoms with E-state index >= 15 is 0 Å². The average molecular weight is 286 g/mol. The highest BCUT2D eigenvalue weighted by molar-refractivity contribution is 5.95. The number of carbonyl (C=O) groups excluding carboxylic acids is 1. The molecule has 112 valence electrons. The van der Waals surface area contributed by atoms with E-state index in [9.17, 15) is 4.79 Å². The SMILES string of the molecule is CCc1c(C)nn(-c2ccc(C(=O)N(C)C)cc2N)c1C. The minimum atomic E-state index is -0.0594. The largest absolute Gasteiger partial charge is 0.397 e. The molecular formula is C16H22N4O. The number of nitrogen functional groups attached to an aromatic ring is 1. The summed E-state index contributed by atoms with van der Waals surface area (Å²) in [5.74, 6) is -0.0594. The van der Waals surface area contributed by atoms with Gasteiger partial charge in [-0.1, -0.05) is 6.92 Å². The van der Waals surface area contributed by atoms with Crippen LogP contribution in [0.25, 0.3) is 5.69 Å². The van der Waals surface area contributed by atoms with Crippen molar-refractivity contribution in [1.82, 2.24) is 14.7 Å². The van der Waals surface area contributed by atoms with E-state index in [-0.39, 0.29) is 5.91 Å². The maximum absolute atomic E-state index is 12.0. The predicted molar refractivity (Wildman–Crippen MR) is 84.8 cm³/mol. The van der Waals surface area contributed by atoms with Crippen LogP contribution >= 0.6 is 0 Å². The zero-order valence-corrected chi connectivity index (χ0v) is 13.3. The lowest BCUT2D eigenvalue weighted by molar-refractivity contribution is 0.0827. The van der Waals surface area contributed by atoms with Crippen LogP contribution in [-0.4, -0.2) is 34.7 Å². The van der Waals surface area contributed by atoms with Gasteiger partial charge in [0.1, 0.15) is 0 Å². The molecule has 5 nitrogen and oxygen atoms in total. The number of aromatic nitrogens is 2. The normalized spacial score (nSPS) is 10.7. The van der Waals surface area contributed by atoms with E-state index in [0.29, 0.717) is 11.3 Å². The lowest BCUT2D eigenvalue weighted by Gasteiger charge is -2.13. The number of nitrogens with two attached hydrogens (primary N) is 1. The fraction of sp³-hybridized carbons (Fsp3) is 0.375. The number of benzene rings is 1. The molecule has 0 fully saturated rings. The highest BCUT2D eigenvalue weighted by atomic mass is 16.2. The van der Waals surface area contributed by atoms with Crippen LogP contribution in [0.4, 0.5) is 5.69 Å². The van der Waals surface area contributed by atoms with Gasteiger partial charge in [-0.3, -0.25) is 4.79 Å². The molecule has 2 aromatic rings. The van der Waals surface area contributed by atoms with Crippen molar-refractivity contribution < 1.29 is 4.79 Å². The van der Waals surface area contributed by atoms with Crippen molar-refractivity contribution in [3.8, 4) is 5.69 Å². The summed E-state index contributed by atoms with van der Waals surface area (Å²) >= 11 is 0. The summed E-state index contributed by atoms with van der Waals surface area (Å²) in [6.45, 7) is 6.16. The van der Waals surface area contributed by atoms with Gasteiger partial charge in [0.25, 0.3) is 5.91 Å². The van der Waals surface area contributed by atoms with Crippen LogP contribution in [0, 0.1) is 13.8 Å². The Morgan fingerprint density at radius 3 is 2.48 bits per heavy atom. The Labute approximate surface area is 125 Å². The zero-order chi connectivity index (χ0) is 15.7. The molecule has 1 aromatic carbocycles. The summed E-state index contributed by atoms with van der Waals surface area (Å²) in [7, 11) is 3.45. The number of hydrogen-bond donors (Lipinski definition) is 1. The summed E-state index contributed by atoms with van der Waals surface area (Å²) in [5.41, 5.74) is 11.4. The number of nitrogens with zero attached hydrogens (tertiary/aromatic N) is 3. The van der Waals surface area contributed by atoms with E-state index in [1.54, 1.807) is 26.2 Å². The molecule has 1 aromatic heterocycles. The van der Waals surface area contributed by atoms with E-state index in [1.165, 1.54) is 10.5 Å². The predicted octanol–water partition coefficient (Wildman–Crippen LogP) is 2.34. The monoisotopic (exact) mass is 286 g/mol. The topological polar surface area (TPSA) is 64.2 Å². The van der Waals surface area contributed by atoms with Crippen molar-refractivity contribution in [2.45, 2.75) is 27.2 Å². The molecular weight excluding hydrogens is 264 g/mol. The second kappa shape index (κ2) is 5.60. The van der Waals surface area contributed by atoms with Crippen molar-refractivity contribution in [2.24, 2.45) is 0 Å². The van der Waals surface area contributed by atoms with E-state index in [1.807, 2.05) is 24.6 Å². The summed E-state index contributed by atoms with van der Waals surface area (Å²) in [6.07, 6.45) is 0.939. The molecule has 0 bridgehead atoms. The molecule has 0 spiro atoms. The first-order chi connectivity index (χ1) is 9.86. The quantitative estimate of drug-likeness (QED) is 0.881. The first-order valence-electron chi connectivity index (χ1n) is 7.03. The number of anilines is 1. The van der Waals surface area contributed by atoms with Gasteiger partial charge >= 0.3 is 0 Å². The van der Waals surface area contributed by atoms with Crippen LogP contribution in [0.2, 0.25) is 0 Å². The summed E-state index contributed by atoms with van der Waals surface area (Å²) in [6, 6.07) is 5.35. The maximum atomic E-state index is 12.0. The average Bonchev–Trinajstić information content (AvgIpc) is 2.72. The number of hydrogen-bond acceptors (Lipinski definition) is 3. The lowest BCUT2D eigenvalue weighted by Crippen LogP contribution is -2.21. The van der Waals surface area contributed by atoms with Crippen molar-refractivity contribution >= 4 is 11.6 Å². The Balaban J connectivity index is 2.49. The molecule has 0 saturated heterocycles. The minimum absolute atomic E-state index is 0.0594. The van der Waals surface area contributed by atoms with Crippen LogP contribution in [0.1, 0.15) is 34.2 Å². The molecule has 0 radical (unpaired) electrons. The molecule has 0 aliphatic carbocycles. The first kappa shape index (κ1) is 15.1. The minimum Gasteiger partial charge on any atom is -0.397 e. The Bertz CT molecular complexity index is 686. The van der Waals surface area contributed by atoms with E-state index in [0.717, 1.165) is 23.5 Å². The lowest BCUT2D eigenvalue weighted by atomic mass is 10.1. The van der Waals surface area contributed by atoms with Gasteiger partial charge < -0.3 is 10.6 Å². The van der Waals surface area contributed by atoms with Gasteiger partial charge in [-0.05, 0) is 44.0 Å². The van der Waals surface area contributed by atoms with Gasteiger partial charge in [0.05, 0.1) is 17.1 Å². The number of amides is 1. The Morgan fingerprint density at radius 1 is 1.33 bits per heavy atom. The molecule has 21 heavy (non-hydrogen) atoms. The highest BCUT2D eigenvalue weighted by Gasteiger charge is 2.15. The third kappa shape index (κ3) is 2.63. The molecule has 1 amide bonds. The Hall–Kier alpha value is -2.30. The van der Waals surface area contributed by atoms with Crippen LogP contribution < -0.4 is 5.73 Å². The van der Waals surface area contributed by atoms with Crippen LogP contribution in [0.5, 0.6) is 0 Å². The molecule has 0 saturated carbocycles. The maximum Gasteiger partial charge on any atom is 0.253 e. The summed E-state index contributed by atoms with van der Waals surface area (Å²) in [4.78, 5) is 13.5. The zero-order valence-electron chi connectivity index (χ0n) is 13.3. The standard InChI is InChI=1S/C16H22N4O/c1-6-13-10(2)18-20(11(13)3)15-8-7-12(9-14(15)17)16(21)19(4)5/h7-9H,6,17H2,1-5H3. The third-order valence-corrected chi connectivity index (χ3v) is 3.70. The van der Waals surface area contributed by atoms with Crippen molar-refractivity contribution in [3.05, 3.63) is 40.7 Å². The molecule has 2 rings (SSSR count). The fourth-order valence-corrected chi connectivity index (χ4v) is 2.56. The first-order valence-corrected chi connectivity index (χ1v) is 7.03. The van der Waals surface area contributed by atoms with Crippen LogP contribution in [0.3, 0.4) is 0 Å². The Morgan fingerprint density at radius 2 is 2.00 bits per heavy atom. The molecule has 5 heteroatoms. The third-order valence-electron chi connectivity index (χ3n) is 3.70. The van der Waals surface area contributed by atoms with Gasteiger partial charge in [-0.15, -0.1) is 0 Å². The molecule has 0 unspecified atom stereocenters. The second-order valence-electron chi connectivity index (χ2n) is 5.39. The second-order valence-corrected chi connectivity index (χ2v) is 5.39. The molecule has 0 aliphatic rings. The van der Waals surface area contributed by atoms with Gasteiger partial charge in [0.2, 0.25) is 0 Å².